The zero-order valence-corrected chi connectivity index (χ0v) is 10.5. The second-order valence-corrected chi connectivity index (χ2v) is 5.86. The predicted molar refractivity (Wildman–Crippen MR) is 65.6 cm³/mol. The van der Waals surface area contributed by atoms with E-state index in [-0.39, 0.29) is 10.3 Å². The van der Waals surface area contributed by atoms with E-state index < -0.39 is 0 Å². The number of nitrogens with zero attached hydrogens (tertiary/aromatic N) is 1. The quantitative estimate of drug-likeness (QED) is 0.843. The number of aromatic amines is 1. The van der Waals surface area contributed by atoms with Crippen LogP contribution in [0.4, 0.5) is 0 Å². The van der Waals surface area contributed by atoms with Crippen LogP contribution in [0, 0.1) is 11.3 Å². The van der Waals surface area contributed by atoms with Crippen LogP contribution in [0.1, 0.15) is 38.4 Å². The summed E-state index contributed by atoms with van der Waals surface area (Å²) in [6.07, 6.45) is 5.69. The van der Waals surface area contributed by atoms with Crippen molar-refractivity contribution >= 4 is 11.5 Å². The van der Waals surface area contributed by atoms with E-state index in [0.717, 1.165) is 42.5 Å². The van der Waals surface area contributed by atoms with Gasteiger partial charge in [0, 0.05) is 18.0 Å². The first-order valence-corrected chi connectivity index (χ1v) is 6.66. The van der Waals surface area contributed by atoms with Gasteiger partial charge in [0.2, 0.25) is 0 Å². The summed E-state index contributed by atoms with van der Waals surface area (Å²) in [5.41, 5.74) is 6.10. The molecule has 0 radical (unpaired) electrons. The third kappa shape index (κ3) is 2.52. The van der Waals surface area contributed by atoms with Crippen molar-refractivity contribution < 1.29 is 0 Å². The van der Waals surface area contributed by atoms with Crippen molar-refractivity contribution in [2.24, 2.45) is 17.1 Å². The summed E-state index contributed by atoms with van der Waals surface area (Å²) >= 11 is 1.00. The number of nitrogens with one attached hydrogen (secondary N) is 1. The van der Waals surface area contributed by atoms with Crippen LogP contribution in [-0.2, 0) is 6.42 Å². The van der Waals surface area contributed by atoms with Gasteiger partial charge in [0.15, 0.2) is 0 Å². The van der Waals surface area contributed by atoms with Gasteiger partial charge in [-0.05, 0) is 30.7 Å². The molecule has 1 aliphatic rings. The fourth-order valence-electron chi connectivity index (χ4n) is 2.88. The smallest absolute Gasteiger partial charge is 0.323 e. The molecule has 0 aliphatic heterocycles. The lowest BCUT2D eigenvalue weighted by molar-refractivity contribution is 0.151. The molecular formula is C11H19N3OS. The lowest BCUT2D eigenvalue weighted by Gasteiger charge is -2.38. The van der Waals surface area contributed by atoms with Crippen molar-refractivity contribution in [3.05, 3.63) is 15.5 Å². The summed E-state index contributed by atoms with van der Waals surface area (Å²) in [6.45, 7) is 2.98. The van der Waals surface area contributed by atoms with Gasteiger partial charge in [-0.1, -0.05) is 19.8 Å². The van der Waals surface area contributed by atoms with Crippen molar-refractivity contribution in [1.29, 1.82) is 0 Å². The topological polar surface area (TPSA) is 71.8 Å². The maximum Gasteiger partial charge on any atom is 0.323 e. The van der Waals surface area contributed by atoms with E-state index in [9.17, 15) is 4.79 Å². The molecule has 5 heteroatoms. The monoisotopic (exact) mass is 241 g/mol. The summed E-state index contributed by atoms with van der Waals surface area (Å²) in [6, 6.07) is 0. The maximum atomic E-state index is 11.1. The van der Waals surface area contributed by atoms with Gasteiger partial charge >= 0.3 is 4.87 Å². The molecule has 2 rings (SSSR count). The number of rotatable bonds is 3. The third-order valence-electron chi connectivity index (χ3n) is 3.65. The van der Waals surface area contributed by atoms with Crippen LogP contribution in [0.15, 0.2) is 4.79 Å². The highest BCUT2D eigenvalue weighted by Gasteiger charge is 2.34. The molecule has 3 N–H and O–H groups in total. The van der Waals surface area contributed by atoms with E-state index in [1.54, 1.807) is 0 Å². The van der Waals surface area contributed by atoms with Crippen molar-refractivity contribution in [2.75, 3.05) is 6.54 Å². The largest absolute Gasteiger partial charge is 0.330 e. The van der Waals surface area contributed by atoms with Crippen LogP contribution in [0.2, 0.25) is 0 Å². The van der Waals surface area contributed by atoms with Crippen LogP contribution in [0.3, 0.4) is 0 Å². The Labute approximate surface area is 99.4 Å². The van der Waals surface area contributed by atoms with E-state index in [1.807, 2.05) is 0 Å². The number of aromatic nitrogens is 2. The molecule has 0 bridgehead atoms. The summed E-state index contributed by atoms with van der Waals surface area (Å²) < 4.78 is 4.15. The Hall–Kier alpha value is -0.680. The van der Waals surface area contributed by atoms with Gasteiger partial charge in [-0.2, -0.15) is 4.37 Å². The highest BCUT2D eigenvalue weighted by atomic mass is 32.1. The number of hydrogen-bond donors (Lipinski definition) is 2. The lowest BCUT2D eigenvalue weighted by Crippen LogP contribution is -2.37. The SMILES string of the molecule is CC1CCCC(CN)(Cc2nsc(=O)[nH]2)C1. The molecule has 0 amide bonds. The fourth-order valence-corrected chi connectivity index (χ4v) is 3.35. The Morgan fingerprint density at radius 2 is 2.50 bits per heavy atom. The molecule has 1 aromatic rings. The Morgan fingerprint density at radius 3 is 3.06 bits per heavy atom. The van der Waals surface area contributed by atoms with Gasteiger partial charge < -0.3 is 5.73 Å². The molecule has 16 heavy (non-hydrogen) atoms. The minimum absolute atomic E-state index is 0.0639. The van der Waals surface area contributed by atoms with Crippen LogP contribution < -0.4 is 10.6 Å². The first kappa shape index (κ1) is 11.8. The Kier molecular flexibility index (Phi) is 3.44. The average Bonchev–Trinajstić information content (AvgIpc) is 2.64. The zero-order valence-electron chi connectivity index (χ0n) is 9.66. The Balaban J connectivity index is 2.12. The Bertz CT molecular complexity index is 400. The van der Waals surface area contributed by atoms with Gasteiger partial charge in [-0.3, -0.25) is 9.78 Å². The molecule has 0 aromatic carbocycles. The molecule has 1 heterocycles. The molecule has 1 saturated carbocycles. The lowest BCUT2D eigenvalue weighted by atomic mass is 9.68. The first-order valence-electron chi connectivity index (χ1n) is 5.88. The second-order valence-electron chi connectivity index (χ2n) is 5.12. The fraction of sp³-hybridized carbons (Fsp3) is 0.818. The predicted octanol–water partition coefficient (Wildman–Crippen LogP) is 1.53. The van der Waals surface area contributed by atoms with E-state index in [4.69, 9.17) is 5.73 Å². The third-order valence-corrected chi connectivity index (χ3v) is 4.23. The van der Waals surface area contributed by atoms with Crippen molar-refractivity contribution in [3.63, 3.8) is 0 Å². The van der Waals surface area contributed by atoms with Gasteiger partial charge in [-0.25, -0.2) is 0 Å². The minimum atomic E-state index is -0.0639. The molecule has 0 saturated heterocycles. The number of hydrogen-bond acceptors (Lipinski definition) is 4. The second kappa shape index (κ2) is 4.67. The number of nitrogens with two attached hydrogens (primary N) is 1. The van der Waals surface area contributed by atoms with Gasteiger partial charge in [-0.15, -0.1) is 0 Å². The summed E-state index contributed by atoms with van der Waals surface area (Å²) in [7, 11) is 0. The van der Waals surface area contributed by atoms with Crippen molar-refractivity contribution in [2.45, 2.75) is 39.0 Å². The number of H-pyrrole nitrogens is 1. The van der Waals surface area contributed by atoms with Gasteiger partial charge in [0.25, 0.3) is 0 Å². The van der Waals surface area contributed by atoms with Crippen LogP contribution in [-0.4, -0.2) is 15.9 Å². The standard InChI is InChI=1S/C11H19N3OS/c1-8-3-2-4-11(5-8,7-12)6-9-13-10(15)16-14-9/h8H,2-7,12H2,1H3,(H,13,14,15). The Morgan fingerprint density at radius 1 is 1.69 bits per heavy atom. The summed E-state index contributed by atoms with van der Waals surface area (Å²) in [5.74, 6) is 1.55. The molecule has 2 unspecified atom stereocenters. The van der Waals surface area contributed by atoms with Gasteiger partial charge in [0.1, 0.15) is 5.82 Å². The molecular weight excluding hydrogens is 222 g/mol. The van der Waals surface area contributed by atoms with Crippen LogP contribution in [0.5, 0.6) is 0 Å². The highest BCUT2D eigenvalue weighted by Crippen LogP contribution is 2.40. The zero-order chi connectivity index (χ0) is 11.6. The molecule has 1 aromatic heterocycles. The van der Waals surface area contributed by atoms with E-state index in [2.05, 4.69) is 16.3 Å². The van der Waals surface area contributed by atoms with E-state index >= 15 is 0 Å². The molecule has 90 valence electrons. The minimum Gasteiger partial charge on any atom is -0.330 e. The molecule has 1 fully saturated rings. The van der Waals surface area contributed by atoms with Crippen LogP contribution >= 0.6 is 11.5 Å². The normalized spacial score (nSPS) is 30.5. The van der Waals surface area contributed by atoms with E-state index in [0.29, 0.717) is 6.54 Å². The molecule has 4 nitrogen and oxygen atoms in total. The maximum absolute atomic E-state index is 11.1. The average molecular weight is 241 g/mol. The first-order chi connectivity index (χ1) is 7.63. The van der Waals surface area contributed by atoms with Crippen molar-refractivity contribution in [3.8, 4) is 0 Å². The van der Waals surface area contributed by atoms with Crippen LogP contribution in [0.25, 0.3) is 0 Å². The highest BCUT2D eigenvalue weighted by molar-refractivity contribution is 7.02. The summed E-state index contributed by atoms with van der Waals surface area (Å²) in [5, 5.41) is 0. The molecule has 1 aliphatic carbocycles. The van der Waals surface area contributed by atoms with Crippen molar-refractivity contribution in [1.82, 2.24) is 9.36 Å². The van der Waals surface area contributed by atoms with Gasteiger partial charge in [0.05, 0.1) is 0 Å². The molecule has 2 atom stereocenters. The molecule has 0 spiro atoms. The summed E-state index contributed by atoms with van der Waals surface area (Å²) in [4.78, 5) is 13.8. The van der Waals surface area contributed by atoms with E-state index in [1.165, 1.54) is 12.8 Å².